The van der Waals surface area contributed by atoms with Crippen molar-refractivity contribution >= 4 is 27.6 Å². The van der Waals surface area contributed by atoms with Crippen LogP contribution in [0.15, 0.2) is 47.4 Å². The maximum atomic E-state index is 13.7. The van der Waals surface area contributed by atoms with E-state index < -0.39 is 26.7 Å². The van der Waals surface area contributed by atoms with Gasteiger partial charge in [0.15, 0.2) is 0 Å². The number of carboxylic acid groups (broad SMARTS) is 1. The Kier molecular flexibility index (Phi) is 5.76. The van der Waals surface area contributed by atoms with Gasteiger partial charge in [-0.05, 0) is 30.3 Å². The smallest absolute Gasteiger partial charge is 0.335 e. The standard InChI is InChI=1S/C15H13ClFNO5S/c16-11-3-1-2-4-13(11)23-8-7-18-24(21,22)14-9-10(15(19)20)5-6-12(14)17/h1-6,9,18H,7-8H2,(H,19,20). The van der Waals surface area contributed by atoms with Crippen LogP contribution in [0, 0.1) is 5.82 Å². The van der Waals surface area contributed by atoms with E-state index in [1.807, 2.05) is 0 Å². The molecule has 0 aliphatic rings. The first-order valence-electron chi connectivity index (χ1n) is 6.71. The summed E-state index contributed by atoms with van der Waals surface area (Å²) in [6.07, 6.45) is 0. The second-order valence-corrected chi connectivity index (χ2v) is 6.77. The van der Waals surface area contributed by atoms with Crippen molar-refractivity contribution in [3.63, 3.8) is 0 Å². The van der Waals surface area contributed by atoms with Crippen LogP contribution < -0.4 is 9.46 Å². The lowest BCUT2D eigenvalue weighted by Gasteiger charge is -2.10. The second-order valence-electron chi connectivity index (χ2n) is 4.63. The van der Waals surface area contributed by atoms with Gasteiger partial charge < -0.3 is 9.84 Å². The van der Waals surface area contributed by atoms with Crippen LogP contribution in [-0.4, -0.2) is 32.6 Å². The molecule has 2 aromatic carbocycles. The van der Waals surface area contributed by atoms with E-state index in [4.69, 9.17) is 21.4 Å². The molecule has 24 heavy (non-hydrogen) atoms. The fraction of sp³-hybridized carbons (Fsp3) is 0.133. The Morgan fingerprint density at radius 2 is 1.96 bits per heavy atom. The van der Waals surface area contributed by atoms with Gasteiger partial charge in [0, 0.05) is 6.54 Å². The van der Waals surface area contributed by atoms with E-state index in [9.17, 15) is 17.6 Å². The highest BCUT2D eigenvalue weighted by Gasteiger charge is 2.20. The number of hydrogen-bond donors (Lipinski definition) is 2. The Morgan fingerprint density at radius 3 is 2.62 bits per heavy atom. The van der Waals surface area contributed by atoms with Crippen molar-refractivity contribution in [2.45, 2.75) is 4.90 Å². The maximum absolute atomic E-state index is 13.7. The molecule has 0 heterocycles. The highest BCUT2D eigenvalue weighted by molar-refractivity contribution is 7.89. The quantitative estimate of drug-likeness (QED) is 0.727. The third kappa shape index (κ3) is 4.44. The number of aromatic carboxylic acids is 1. The van der Waals surface area contributed by atoms with E-state index >= 15 is 0 Å². The van der Waals surface area contributed by atoms with Gasteiger partial charge in [-0.3, -0.25) is 0 Å². The van der Waals surface area contributed by atoms with E-state index in [0.29, 0.717) is 10.8 Å². The second kappa shape index (κ2) is 7.61. The van der Waals surface area contributed by atoms with Gasteiger partial charge in [-0.1, -0.05) is 23.7 Å². The van der Waals surface area contributed by atoms with Crippen molar-refractivity contribution in [3.05, 3.63) is 58.9 Å². The largest absolute Gasteiger partial charge is 0.491 e. The summed E-state index contributed by atoms with van der Waals surface area (Å²) in [4.78, 5) is 10.1. The molecule has 0 aromatic heterocycles. The van der Waals surface area contributed by atoms with E-state index in [1.54, 1.807) is 24.3 Å². The number of para-hydroxylation sites is 1. The zero-order valence-corrected chi connectivity index (χ0v) is 13.8. The van der Waals surface area contributed by atoms with Gasteiger partial charge in [-0.25, -0.2) is 22.3 Å². The van der Waals surface area contributed by atoms with Gasteiger partial charge in [0.25, 0.3) is 0 Å². The van der Waals surface area contributed by atoms with Crippen LogP contribution in [0.1, 0.15) is 10.4 Å². The fourth-order valence-electron chi connectivity index (χ4n) is 1.82. The minimum Gasteiger partial charge on any atom is -0.491 e. The Bertz CT molecular complexity index is 857. The van der Waals surface area contributed by atoms with Gasteiger partial charge in [-0.2, -0.15) is 0 Å². The van der Waals surface area contributed by atoms with Crippen molar-refractivity contribution in [2.75, 3.05) is 13.2 Å². The summed E-state index contributed by atoms with van der Waals surface area (Å²) in [7, 11) is -4.21. The average Bonchev–Trinajstić information content (AvgIpc) is 2.53. The van der Waals surface area contributed by atoms with Crippen molar-refractivity contribution in [2.24, 2.45) is 0 Å². The summed E-state index contributed by atoms with van der Waals surface area (Å²) in [5.74, 6) is -2.01. The Labute approximate surface area is 142 Å². The number of ether oxygens (including phenoxy) is 1. The summed E-state index contributed by atoms with van der Waals surface area (Å²) >= 11 is 5.89. The number of sulfonamides is 1. The molecule has 2 rings (SSSR count). The monoisotopic (exact) mass is 373 g/mol. The number of hydrogen-bond acceptors (Lipinski definition) is 4. The van der Waals surface area contributed by atoms with Gasteiger partial charge in [0.1, 0.15) is 23.1 Å². The van der Waals surface area contributed by atoms with E-state index in [1.165, 1.54) is 0 Å². The molecule has 0 bridgehead atoms. The van der Waals surface area contributed by atoms with Crippen LogP contribution in [0.3, 0.4) is 0 Å². The van der Waals surface area contributed by atoms with Crippen LogP contribution in [0.25, 0.3) is 0 Å². The molecular weight excluding hydrogens is 361 g/mol. The minimum absolute atomic E-state index is 0.0385. The predicted octanol–water partition coefficient (Wildman–Crippen LogP) is 2.53. The van der Waals surface area contributed by atoms with Crippen LogP contribution in [-0.2, 0) is 10.0 Å². The molecule has 0 aliphatic heterocycles. The molecule has 0 unspecified atom stereocenters. The Hall–Kier alpha value is -2.16. The molecule has 9 heteroatoms. The lowest BCUT2D eigenvalue weighted by molar-refractivity contribution is 0.0696. The highest BCUT2D eigenvalue weighted by atomic mass is 35.5. The fourth-order valence-corrected chi connectivity index (χ4v) is 3.12. The van der Waals surface area contributed by atoms with Crippen LogP contribution in [0.4, 0.5) is 4.39 Å². The Balaban J connectivity index is 2.03. The average molecular weight is 374 g/mol. The third-order valence-electron chi connectivity index (χ3n) is 2.96. The summed E-state index contributed by atoms with van der Waals surface area (Å²) in [6.45, 7) is -0.187. The van der Waals surface area contributed by atoms with E-state index in [0.717, 1.165) is 18.2 Å². The summed E-state index contributed by atoms with van der Waals surface area (Å²) < 4.78 is 45.3. The van der Waals surface area contributed by atoms with Crippen molar-refractivity contribution in [1.82, 2.24) is 4.72 Å². The molecular formula is C15H13ClFNO5S. The molecule has 0 atom stereocenters. The zero-order chi connectivity index (χ0) is 17.7. The number of benzene rings is 2. The molecule has 2 aromatic rings. The molecule has 0 aliphatic carbocycles. The molecule has 0 saturated heterocycles. The number of rotatable bonds is 7. The first-order chi connectivity index (χ1) is 11.3. The topological polar surface area (TPSA) is 92.7 Å². The van der Waals surface area contributed by atoms with E-state index in [-0.39, 0.29) is 18.7 Å². The number of halogens is 2. The van der Waals surface area contributed by atoms with Crippen LogP contribution in [0.5, 0.6) is 5.75 Å². The van der Waals surface area contributed by atoms with Crippen LogP contribution >= 0.6 is 11.6 Å². The summed E-state index contributed by atoms with van der Waals surface area (Å²) in [5.41, 5.74) is -0.330. The molecule has 0 fully saturated rings. The van der Waals surface area contributed by atoms with Gasteiger partial charge >= 0.3 is 5.97 Å². The first-order valence-corrected chi connectivity index (χ1v) is 8.57. The Morgan fingerprint density at radius 1 is 1.25 bits per heavy atom. The van der Waals surface area contributed by atoms with Gasteiger partial charge in [0.2, 0.25) is 10.0 Å². The first kappa shape index (κ1) is 18.2. The minimum atomic E-state index is -4.21. The van der Waals surface area contributed by atoms with Crippen LogP contribution in [0.2, 0.25) is 5.02 Å². The van der Waals surface area contributed by atoms with E-state index in [2.05, 4.69) is 4.72 Å². The van der Waals surface area contributed by atoms with Crippen molar-refractivity contribution in [1.29, 1.82) is 0 Å². The molecule has 128 valence electrons. The number of carbonyl (C=O) groups is 1. The lowest BCUT2D eigenvalue weighted by atomic mass is 10.2. The van der Waals surface area contributed by atoms with Gasteiger partial charge in [0.05, 0.1) is 10.6 Å². The molecule has 0 spiro atoms. The molecule has 2 N–H and O–H groups in total. The number of carboxylic acids is 1. The lowest BCUT2D eigenvalue weighted by Crippen LogP contribution is -2.29. The van der Waals surface area contributed by atoms with Crippen molar-refractivity contribution in [3.8, 4) is 5.75 Å². The predicted molar refractivity (Wildman–Crippen MR) is 85.5 cm³/mol. The summed E-state index contributed by atoms with van der Waals surface area (Å²) in [5, 5.41) is 9.24. The molecule has 0 radical (unpaired) electrons. The van der Waals surface area contributed by atoms with Gasteiger partial charge in [-0.15, -0.1) is 0 Å². The number of nitrogens with one attached hydrogen (secondary N) is 1. The SMILES string of the molecule is O=C(O)c1ccc(F)c(S(=O)(=O)NCCOc2ccccc2Cl)c1. The molecule has 0 amide bonds. The zero-order valence-electron chi connectivity index (χ0n) is 12.2. The normalized spacial score (nSPS) is 11.2. The summed E-state index contributed by atoms with van der Waals surface area (Å²) in [6, 6.07) is 9.19. The third-order valence-corrected chi connectivity index (χ3v) is 4.74. The maximum Gasteiger partial charge on any atom is 0.335 e. The molecule has 6 nitrogen and oxygen atoms in total. The van der Waals surface area contributed by atoms with Crippen molar-refractivity contribution < 1.29 is 27.4 Å². The highest BCUT2D eigenvalue weighted by Crippen LogP contribution is 2.22. The molecule has 0 saturated carbocycles.